The van der Waals surface area contributed by atoms with Crippen LogP contribution in [0.1, 0.15) is 32.8 Å². The number of anilines is 1. The Morgan fingerprint density at radius 3 is 2.72 bits per heavy atom. The highest BCUT2D eigenvalue weighted by molar-refractivity contribution is 5.98. The summed E-state index contributed by atoms with van der Waals surface area (Å²) in [5, 5.41) is 10.2. The van der Waals surface area contributed by atoms with Gasteiger partial charge in [-0.05, 0) is 30.0 Å². The number of hydrogen-bond acceptors (Lipinski definition) is 6. The van der Waals surface area contributed by atoms with Gasteiger partial charge in [0.05, 0.1) is 40.8 Å². The molecular weight excluding hydrogens is 497 g/mol. The number of aromatic amines is 2. The van der Waals surface area contributed by atoms with Crippen LogP contribution in [0.3, 0.4) is 0 Å². The van der Waals surface area contributed by atoms with E-state index >= 15 is 4.39 Å². The molecule has 39 heavy (non-hydrogen) atoms. The molecule has 0 aliphatic heterocycles. The molecule has 0 atom stereocenters. The number of benzene rings is 1. The third-order valence-electron chi connectivity index (χ3n) is 6.46. The predicted molar refractivity (Wildman–Crippen MR) is 147 cm³/mol. The Hall–Kier alpha value is -4.86. The lowest BCUT2D eigenvalue weighted by Crippen LogP contribution is -2.19. The van der Waals surface area contributed by atoms with Crippen molar-refractivity contribution >= 4 is 33.7 Å². The Balaban J connectivity index is 1.42. The minimum absolute atomic E-state index is 0.136. The number of amides is 1. The maximum absolute atomic E-state index is 16.1. The van der Waals surface area contributed by atoms with Crippen molar-refractivity contribution in [3.8, 4) is 33.8 Å². The number of pyridine rings is 2. The van der Waals surface area contributed by atoms with E-state index in [1.165, 1.54) is 18.6 Å². The Kier molecular flexibility index (Phi) is 5.75. The van der Waals surface area contributed by atoms with Gasteiger partial charge < -0.3 is 14.7 Å². The molecule has 196 valence electrons. The summed E-state index contributed by atoms with van der Waals surface area (Å²) in [6.45, 7) is 7.93. The average Bonchev–Trinajstić information content (AvgIpc) is 3.63. The number of carbonyl (C=O) groups is 1. The van der Waals surface area contributed by atoms with Crippen LogP contribution in [-0.4, -0.2) is 36.0 Å². The van der Waals surface area contributed by atoms with Gasteiger partial charge in [-0.2, -0.15) is 5.10 Å². The molecule has 0 unspecified atom stereocenters. The maximum atomic E-state index is 16.1. The highest BCUT2D eigenvalue weighted by Crippen LogP contribution is 2.36. The number of imidazole rings is 1. The molecule has 1 aromatic carbocycles. The monoisotopic (exact) mass is 523 g/mol. The first-order valence-electron chi connectivity index (χ1n) is 12.5. The van der Waals surface area contributed by atoms with Crippen molar-refractivity contribution in [1.82, 2.24) is 30.1 Å². The normalized spacial score (nSPS) is 11.9. The molecule has 0 aliphatic carbocycles. The zero-order valence-electron chi connectivity index (χ0n) is 21.9. The predicted octanol–water partition coefficient (Wildman–Crippen LogP) is 6.65. The van der Waals surface area contributed by atoms with Gasteiger partial charge in [-0.25, -0.2) is 14.4 Å². The lowest BCUT2D eigenvalue weighted by Gasteiger charge is -2.17. The van der Waals surface area contributed by atoms with E-state index in [9.17, 15) is 4.79 Å². The number of fused-ring (bicyclic) bond motifs is 2. The van der Waals surface area contributed by atoms with Crippen molar-refractivity contribution < 1.29 is 13.6 Å². The second kappa shape index (κ2) is 9.16. The third kappa shape index (κ3) is 4.54. The number of H-pyrrole nitrogens is 2. The molecule has 9 nitrogen and oxygen atoms in total. The quantitative estimate of drug-likeness (QED) is 0.232. The second-order valence-corrected chi connectivity index (χ2v) is 10.8. The standard InChI is InChI=1S/C29H26FN7O2/c1-15-5-6-19(16-7-8-39-14-16)25-24(15)34-28(35-25)26-22-23(30)20(13-32-27(22)37-36-26)17-9-18(12-31-11-17)33-21(38)10-29(2,3)4/h5-9,11-14H,10H2,1-4H3,(H,33,38)(H,34,35)(H,32,36,37). The van der Waals surface area contributed by atoms with E-state index in [0.29, 0.717) is 29.2 Å². The number of nitrogens with one attached hydrogen (secondary N) is 3. The van der Waals surface area contributed by atoms with Gasteiger partial charge in [-0.3, -0.25) is 14.9 Å². The number of nitrogens with zero attached hydrogens (tertiary/aromatic N) is 4. The van der Waals surface area contributed by atoms with Crippen molar-refractivity contribution in [3.05, 3.63) is 66.8 Å². The molecule has 0 spiro atoms. The van der Waals surface area contributed by atoms with Crippen molar-refractivity contribution in [2.24, 2.45) is 5.41 Å². The number of halogens is 1. The van der Waals surface area contributed by atoms with Gasteiger partial charge in [-0.15, -0.1) is 0 Å². The minimum atomic E-state index is -0.518. The van der Waals surface area contributed by atoms with Gasteiger partial charge in [0, 0.05) is 41.1 Å². The van der Waals surface area contributed by atoms with Crippen LogP contribution in [0.25, 0.3) is 55.8 Å². The van der Waals surface area contributed by atoms with Crippen LogP contribution in [0.15, 0.2) is 59.8 Å². The molecule has 6 rings (SSSR count). The average molecular weight is 524 g/mol. The summed E-state index contributed by atoms with van der Waals surface area (Å²) in [6.07, 6.45) is 8.11. The lowest BCUT2D eigenvalue weighted by atomic mass is 9.92. The molecule has 0 aliphatic rings. The molecule has 0 saturated carbocycles. The maximum Gasteiger partial charge on any atom is 0.224 e. The van der Waals surface area contributed by atoms with E-state index in [2.05, 4.69) is 30.5 Å². The van der Waals surface area contributed by atoms with Crippen LogP contribution in [0.5, 0.6) is 0 Å². The van der Waals surface area contributed by atoms with Gasteiger partial charge in [0.25, 0.3) is 0 Å². The van der Waals surface area contributed by atoms with Crippen LogP contribution in [0, 0.1) is 18.2 Å². The number of furan rings is 1. The van der Waals surface area contributed by atoms with Crippen molar-refractivity contribution in [2.45, 2.75) is 34.1 Å². The van der Waals surface area contributed by atoms with Gasteiger partial charge in [-0.1, -0.05) is 32.9 Å². The molecule has 0 bridgehead atoms. The minimum Gasteiger partial charge on any atom is -0.472 e. The first-order valence-corrected chi connectivity index (χ1v) is 12.5. The van der Waals surface area contributed by atoms with E-state index in [4.69, 9.17) is 9.40 Å². The van der Waals surface area contributed by atoms with Crippen molar-refractivity contribution in [3.63, 3.8) is 0 Å². The van der Waals surface area contributed by atoms with E-state index in [1.54, 1.807) is 18.6 Å². The molecule has 5 heterocycles. The summed E-state index contributed by atoms with van der Waals surface area (Å²) in [5.74, 6) is -0.218. The molecule has 0 saturated heterocycles. The van der Waals surface area contributed by atoms with E-state index < -0.39 is 5.82 Å². The zero-order chi connectivity index (χ0) is 27.3. The molecule has 5 aromatic heterocycles. The Bertz CT molecular complexity index is 1850. The van der Waals surface area contributed by atoms with Crippen LogP contribution >= 0.6 is 0 Å². The summed E-state index contributed by atoms with van der Waals surface area (Å²) < 4.78 is 21.4. The summed E-state index contributed by atoms with van der Waals surface area (Å²) in [6, 6.07) is 7.54. The number of aryl methyl sites for hydroxylation is 1. The van der Waals surface area contributed by atoms with Gasteiger partial charge in [0.1, 0.15) is 11.5 Å². The summed E-state index contributed by atoms with van der Waals surface area (Å²) in [5.41, 5.74) is 6.00. The summed E-state index contributed by atoms with van der Waals surface area (Å²) in [7, 11) is 0. The number of carbonyl (C=O) groups excluding carboxylic acids is 1. The molecular formula is C29H26FN7O2. The van der Waals surface area contributed by atoms with Gasteiger partial charge in [0.15, 0.2) is 11.5 Å². The lowest BCUT2D eigenvalue weighted by molar-refractivity contribution is -0.117. The smallest absolute Gasteiger partial charge is 0.224 e. The highest BCUT2D eigenvalue weighted by atomic mass is 19.1. The first kappa shape index (κ1) is 24.5. The van der Waals surface area contributed by atoms with Crippen LogP contribution < -0.4 is 5.32 Å². The van der Waals surface area contributed by atoms with Gasteiger partial charge in [0.2, 0.25) is 5.91 Å². The fourth-order valence-corrected chi connectivity index (χ4v) is 4.67. The largest absolute Gasteiger partial charge is 0.472 e. The number of aromatic nitrogens is 6. The highest BCUT2D eigenvalue weighted by Gasteiger charge is 2.22. The molecule has 10 heteroatoms. The third-order valence-corrected chi connectivity index (χ3v) is 6.46. The van der Waals surface area contributed by atoms with Crippen LogP contribution in [0.2, 0.25) is 0 Å². The fourth-order valence-electron chi connectivity index (χ4n) is 4.67. The van der Waals surface area contributed by atoms with Crippen molar-refractivity contribution in [1.29, 1.82) is 0 Å². The van der Waals surface area contributed by atoms with Gasteiger partial charge >= 0.3 is 0 Å². The van der Waals surface area contributed by atoms with E-state index in [0.717, 1.165) is 27.7 Å². The number of hydrogen-bond donors (Lipinski definition) is 3. The van der Waals surface area contributed by atoms with Crippen molar-refractivity contribution in [2.75, 3.05) is 5.32 Å². The Morgan fingerprint density at radius 2 is 1.95 bits per heavy atom. The second-order valence-electron chi connectivity index (χ2n) is 10.8. The zero-order valence-corrected chi connectivity index (χ0v) is 21.9. The van der Waals surface area contributed by atoms with E-state index in [1.807, 2.05) is 45.9 Å². The Labute approximate surface area is 222 Å². The number of rotatable bonds is 5. The summed E-state index contributed by atoms with van der Waals surface area (Å²) >= 11 is 0. The molecule has 1 amide bonds. The molecule has 3 N–H and O–H groups in total. The molecule has 0 fully saturated rings. The fraction of sp³-hybridized carbons (Fsp3) is 0.207. The SMILES string of the molecule is Cc1ccc(-c2ccoc2)c2[nH]c(-c3[nH]nc4ncc(-c5cncc(NC(=O)CC(C)(C)C)c5)c(F)c34)nc12. The Morgan fingerprint density at radius 1 is 1.10 bits per heavy atom. The van der Waals surface area contributed by atoms with E-state index in [-0.39, 0.29) is 27.9 Å². The first-order chi connectivity index (χ1) is 18.7. The summed E-state index contributed by atoms with van der Waals surface area (Å²) in [4.78, 5) is 29.2. The molecule has 0 radical (unpaired) electrons. The van der Waals surface area contributed by atoms with Crippen LogP contribution in [-0.2, 0) is 4.79 Å². The topological polar surface area (TPSA) is 125 Å². The molecule has 6 aromatic rings. The van der Waals surface area contributed by atoms with Crippen LogP contribution in [0.4, 0.5) is 10.1 Å².